The Labute approximate surface area is 48.7 Å². The number of aliphatic hydroxyl groups excluding tert-OH is 1. The Morgan fingerprint density at radius 2 is 2.38 bits per heavy atom. The molecule has 0 saturated carbocycles. The molecule has 0 heterocycles. The van der Waals surface area contributed by atoms with Crippen molar-refractivity contribution in [2.24, 2.45) is 5.18 Å². The van der Waals surface area contributed by atoms with Gasteiger partial charge >= 0.3 is 0 Å². The van der Waals surface area contributed by atoms with E-state index in [0.717, 1.165) is 6.42 Å². The third-order valence-corrected chi connectivity index (χ3v) is 0.982. The lowest BCUT2D eigenvalue weighted by molar-refractivity contribution is 0.259. The van der Waals surface area contributed by atoms with Gasteiger partial charge in [-0.15, -0.1) is 0 Å². The Bertz CT molecular complexity index is 65.4. The maximum atomic E-state index is 9.72. The molecule has 0 aliphatic rings. The van der Waals surface area contributed by atoms with Crippen LogP contribution >= 0.6 is 0 Å². The molecule has 0 rings (SSSR count). The van der Waals surface area contributed by atoms with E-state index in [9.17, 15) is 4.91 Å². The van der Waals surface area contributed by atoms with Gasteiger partial charge in [0.25, 0.3) is 0 Å². The van der Waals surface area contributed by atoms with Gasteiger partial charge in [0.15, 0.2) is 0 Å². The first-order chi connectivity index (χ1) is 3.85. The fraction of sp³-hybridized carbons (Fsp3) is 1.00. The lowest BCUT2D eigenvalue weighted by Crippen LogP contribution is -2.07. The molecule has 0 saturated heterocycles. The minimum Gasteiger partial charge on any atom is -0.394 e. The quantitative estimate of drug-likeness (QED) is 0.556. The Hall–Kier alpha value is -0.440. The maximum Gasteiger partial charge on any atom is 0.115 e. The molecule has 0 aromatic rings. The lowest BCUT2D eigenvalue weighted by Gasteiger charge is -1.99. The van der Waals surface area contributed by atoms with Crippen LogP contribution < -0.4 is 0 Å². The number of hydrogen-bond donors (Lipinski definition) is 1. The van der Waals surface area contributed by atoms with E-state index in [1.807, 2.05) is 6.92 Å². The highest BCUT2D eigenvalue weighted by molar-refractivity contribution is 4.61. The summed E-state index contributed by atoms with van der Waals surface area (Å²) in [7, 11) is 0. The van der Waals surface area contributed by atoms with Gasteiger partial charge in [0, 0.05) is 0 Å². The molecule has 1 N–H and O–H groups in total. The predicted molar refractivity (Wildman–Crippen MR) is 31.6 cm³/mol. The zero-order valence-corrected chi connectivity index (χ0v) is 5.00. The van der Waals surface area contributed by atoms with Crippen LogP contribution in [-0.4, -0.2) is 17.8 Å². The number of aliphatic hydroxyl groups is 1. The third-order valence-electron chi connectivity index (χ3n) is 0.982. The van der Waals surface area contributed by atoms with Crippen LogP contribution in [0.1, 0.15) is 19.8 Å². The average molecular weight is 117 g/mol. The topological polar surface area (TPSA) is 49.7 Å². The summed E-state index contributed by atoms with van der Waals surface area (Å²) in [6.45, 7) is 1.84. The molecule has 0 aromatic carbocycles. The molecule has 48 valence electrons. The Balaban J connectivity index is 3.21. The first-order valence-corrected chi connectivity index (χ1v) is 2.78. The smallest absolute Gasteiger partial charge is 0.115 e. The second kappa shape index (κ2) is 4.71. The van der Waals surface area contributed by atoms with Crippen molar-refractivity contribution in [1.82, 2.24) is 0 Å². The van der Waals surface area contributed by atoms with Gasteiger partial charge in [0.05, 0.1) is 6.61 Å². The van der Waals surface area contributed by atoms with Gasteiger partial charge in [0.2, 0.25) is 0 Å². The first kappa shape index (κ1) is 7.56. The summed E-state index contributed by atoms with van der Waals surface area (Å²) in [6, 6.07) is -0.375. The number of nitrogens with zero attached hydrogens (tertiary/aromatic N) is 1. The van der Waals surface area contributed by atoms with E-state index in [-0.39, 0.29) is 12.6 Å². The van der Waals surface area contributed by atoms with Crippen molar-refractivity contribution < 1.29 is 5.11 Å². The molecule has 0 aromatic heterocycles. The SMILES string of the molecule is CCCC(CO)N=O. The minimum atomic E-state index is -0.375. The van der Waals surface area contributed by atoms with Crippen molar-refractivity contribution in [3.63, 3.8) is 0 Å². The molecule has 0 bridgehead atoms. The van der Waals surface area contributed by atoms with Crippen molar-refractivity contribution in [2.75, 3.05) is 6.61 Å². The van der Waals surface area contributed by atoms with Crippen molar-refractivity contribution in [3.8, 4) is 0 Å². The monoisotopic (exact) mass is 117 g/mol. The maximum absolute atomic E-state index is 9.72. The lowest BCUT2D eigenvalue weighted by atomic mass is 10.2. The molecular formula is C5H11NO2. The molecule has 1 unspecified atom stereocenters. The van der Waals surface area contributed by atoms with Crippen LogP contribution in [0.2, 0.25) is 0 Å². The van der Waals surface area contributed by atoms with E-state index in [1.165, 1.54) is 0 Å². The van der Waals surface area contributed by atoms with Gasteiger partial charge in [-0.05, 0) is 6.42 Å². The first-order valence-electron chi connectivity index (χ1n) is 2.78. The van der Waals surface area contributed by atoms with Crippen LogP contribution in [0.4, 0.5) is 0 Å². The fourth-order valence-corrected chi connectivity index (χ4v) is 0.511. The summed E-state index contributed by atoms with van der Waals surface area (Å²) >= 11 is 0. The molecule has 0 spiro atoms. The zero-order chi connectivity index (χ0) is 6.41. The second-order valence-corrected chi connectivity index (χ2v) is 1.73. The standard InChI is InChI=1S/C5H11NO2/c1-2-3-5(4-7)6-8/h5,7H,2-4H2,1H3. The van der Waals surface area contributed by atoms with Gasteiger partial charge in [-0.25, -0.2) is 0 Å². The predicted octanol–water partition coefficient (Wildman–Crippen LogP) is 0.914. The van der Waals surface area contributed by atoms with E-state index in [1.54, 1.807) is 0 Å². The summed E-state index contributed by atoms with van der Waals surface area (Å²) in [5, 5.41) is 11.1. The Morgan fingerprint density at radius 1 is 1.75 bits per heavy atom. The minimum absolute atomic E-state index is 0.114. The molecule has 0 amide bonds. The summed E-state index contributed by atoms with van der Waals surface area (Å²) in [5.74, 6) is 0. The molecular weight excluding hydrogens is 106 g/mol. The van der Waals surface area contributed by atoms with E-state index in [0.29, 0.717) is 6.42 Å². The number of nitroso groups, excluding NO2 is 1. The molecule has 0 radical (unpaired) electrons. The van der Waals surface area contributed by atoms with Crippen LogP contribution in [0.25, 0.3) is 0 Å². The summed E-state index contributed by atoms with van der Waals surface area (Å²) in [4.78, 5) is 9.72. The van der Waals surface area contributed by atoms with Crippen LogP contribution in [0, 0.1) is 4.91 Å². The van der Waals surface area contributed by atoms with Gasteiger partial charge in [-0.2, -0.15) is 4.91 Å². The summed E-state index contributed by atoms with van der Waals surface area (Å²) in [5.41, 5.74) is 0. The number of rotatable bonds is 4. The van der Waals surface area contributed by atoms with Gasteiger partial charge in [0.1, 0.15) is 6.04 Å². The van der Waals surface area contributed by atoms with E-state index in [2.05, 4.69) is 5.18 Å². The molecule has 0 aliphatic carbocycles. The van der Waals surface area contributed by atoms with Crippen LogP contribution in [-0.2, 0) is 0 Å². The van der Waals surface area contributed by atoms with Gasteiger partial charge < -0.3 is 5.11 Å². The summed E-state index contributed by atoms with van der Waals surface area (Å²) < 4.78 is 0. The van der Waals surface area contributed by atoms with Crippen LogP contribution in [0.5, 0.6) is 0 Å². The normalized spacial score (nSPS) is 13.2. The molecule has 0 aliphatic heterocycles. The Kier molecular flexibility index (Phi) is 4.45. The van der Waals surface area contributed by atoms with E-state index < -0.39 is 0 Å². The van der Waals surface area contributed by atoms with E-state index >= 15 is 0 Å². The van der Waals surface area contributed by atoms with E-state index in [4.69, 9.17) is 5.11 Å². The van der Waals surface area contributed by atoms with Crippen molar-refractivity contribution in [2.45, 2.75) is 25.8 Å². The highest BCUT2D eigenvalue weighted by Gasteiger charge is 2.02. The molecule has 8 heavy (non-hydrogen) atoms. The van der Waals surface area contributed by atoms with Crippen molar-refractivity contribution in [3.05, 3.63) is 4.91 Å². The highest BCUT2D eigenvalue weighted by atomic mass is 16.3. The van der Waals surface area contributed by atoms with Crippen LogP contribution in [0.3, 0.4) is 0 Å². The third kappa shape index (κ3) is 2.69. The Morgan fingerprint density at radius 3 is 2.50 bits per heavy atom. The molecule has 1 atom stereocenters. The largest absolute Gasteiger partial charge is 0.394 e. The second-order valence-electron chi connectivity index (χ2n) is 1.73. The fourth-order valence-electron chi connectivity index (χ4n) is 0.511. The van der Waals surface area contributed by atoms with Crippen molar-refractivity contribution in [1.29, 1.82) is 0 Å². The van der Waals surface area contributed by atoms with Crippen LogP contribution in [0.15, 0.2) is 5.18 Å². The molecule has 3 heteroatoms. The number of hydrogen-bond acceptors (Lipinski definition) is 3. The molecule has 0 fully saturated rings. The molecule has 3 nitrogen and oxygen atoms in total. The van der Waals surface area contributed by atoms with Crippen molar-refractivity contribution >= 4 is 0 Å². The summed E-state index contributed by atoms with van der Waals surface area (Å²) in [6.07, 6.45) is 1.59. The average Bonchev–Trinajstić information content (AvgIpc) is 1.83. The van der Waals surface area contributed by atoms with Gasteiger partial charge in [-0.3, -0.25) is 0 Å². The van der Waals surface area contributed by atoms with Gasteiger partial charge in [-0.1, -0.05) is 18.5 Å². The highest BCUT2D eigenvalue weighted by Crippen LogP contribution is 1.98. The zero-order valence-electron chi connectivity index (χ0n) is 5.00.